The largest absolute Gasteiger partial charge is 0.398 e. The maximum absolute atomic E-state index is 13.7. The Kier molecular flexibility index (Phi) is 4.06. The molecule has 5 nitrogen and oxygen atoms in total. The third-order valence-electron chi connectivity index (χ3n) is 2.70. The molecular weight excluding hydrogens is 404 g/mol. The van der Waals surface area contributed by atoms with Crippen LogP contribution in [0.4, 0.5) is 10.1 Å². The number of para-hydroxylation sites is 1. The zero-order chi connectivity index (χ0) is 14.8. The molecule has 0 radical (unpaired) electrons. The average Bonchev–Trinajstić information content (AvgIpc) is 2.94. The zero-order valence-electron chi connectivity index (χ0n) is 10.6. The maximum Gasteiger partial charge on any atom is 0.218 e. The number of aromatic nitrogens is 4. The molecule has 0 spiro atoms. The molecule has 0 saturated carbocycles. The highest BCUT2D eigenvalue weighted by Crippen LogP contribution is 2.33. The summed E-state index contributed by atoms with van der Waals surface area (Å²) in [6.45, 7) is 0. The van der Waals surface area contributed by atoms with Crippen molar-refractivity contribution in [2.45, 2.75) is 10.1 Å². The molecule has 21 heavy (non-hydrogen) atoms. The van der Waals surface area contributed by atoms with Gasteiger partial charge in [0.15, 0.2) is 0 Å². The van der Waals surface area contributed by atoms with Crippen molar-refractivity contribution in [3.05, 3.63) is 51.9 Å². The normalized spacial score (nSPS) is 10.8. The van der Waals surface area contributed by atoms with E-state index < -0.39 is 0 Å². The van der Waals surface area contributed by atoms with Gasteiger partial charge >= 0.3 is 0 Å². The number of hydrogen-bond donors (Lipinski definition) is 1. The Labute approximate surface area is 137 Å². The number of rotatable bonds is 3. The molecule has 2 aromatic carbocycles. The average molecular weight is 413 g/mol. The lowest BCUT2D eigenvalue weighted by Gasteiger charge is -2.07. The van der Waals surface area contributed by atoms with Gasteiger partial charge in [0.2, 0.25) is 5.16 Å². The summed E-state index contributed by atoms with van der Waals surface area (Å²) in [4.78, 5) is 0.583. The van der Waals surface area contributed by atoms with E-state index in [1.165, 1.54) is 17.8 Å². The van der Waals surface area contributed by atoms with E-state index in [1.54, 1.807) is 10.7 Å². The van der Waals surface area contributed by atoms with Crippen LogP contribution in [-0.2, 0) is 0 Å². The summed E-state index contributed by atoms with van der Waals surface area (Å²) in [5.41, 5.74) is 7.25. The fourth-order valence-electron chi connectivity index (χ4n) is 1.70. The van der Waals surface area contributed by atoms with Crippen LogP contribution in [0.5, 0.6) is 0 Å². The molecular formula is C13H9FIN5S. The summed E-state index contributed by atoms with van der Waals surface area (Å²) >= 11 is 3.13. The van der Waals surface area contributed by atoms with E-state index in [-0.39, 0.29) is 5.82 Å². The number of hydrogen-bond acceptors (Lipinski definition) is 5. The Balaban J connectivity index is 1.97. The molecule has 0 atom stereocenters. The fourth-order valence-corrected chi connectivity index (χ4v) is 3.04. The first-order valence-corrected chi connectivity index (χ1v) is 7.81. The number of nitrogens with two attached hydrogens (primary N) is 1. The van der Waals surface area contributed by atoms with Crippen LogP contribution in [0.3, 0.4) is 0 Å². The van der Waals surface area contributed by atoms with Crippen molar-refractivity contribution in [3.63, 3.8) is 0 Å². The van der Waals surface area contributed by atoms with Crippen molar-refractivity contribution in [3.8, 4) is 5.69 Å². The molecule has 0 unspecified atom stereocenters. The molecule has 1 heterocycles. The van der Waals surface area contributed by atoms with Crippen LogP contribution in [0, 0.1) is 9.39 Å². The number of nitrogens with zero attached hydrogens (tertiary/aromatic N) is 4. The molecule has 3 rings (SSSR count). The lowest BCUT2D eigenvalue weighted by molar-refractivity contribution is 0.617. The van der Waals surface area contributed by atoms with E-state index in [9.17, 15) is 4.39 Å². The number of nitrogen functional groups attached to an aromatic ring is 1. The smallest absolute Gasteiger partial charge is 0.218 e. The van der Waals surface area contributed by atoms with E-state index in [1.807, 2.05) is 52.9 Å². The molecule has 0 saturated heterocycles. The van der Waals surface area contributed by atoms with Gasteiger partial charge in [0.25, 0.3) is 0 Å². The zero-order valence-corrected chi connectivity index (χ0v) is 13.5. The Morgan fingerprint density at radius 2 is 1.95 bits per heavy atom. The van der Waals surface area contributed by atoms with Crippen molar-refractivity contribution in [2.24, 2.45) is 0 Å². The number of tetrazole rings is 1. The third-order valence-corrected chi connectivity index (χ3v) is 4.53. The maximum atomic E-state index is 13.7. The Bertz CT molecular complexity index is 777. The molecule has 0 bridgehead atoms. The number of anilines is 1. The molecule has 0 aliphatic carbocycles. The molecule has 8 heteroatoms. The Hall–Kier alpha value is -1.68. The van der Waals surface area contributed by atoms with Crippen molar-refractivity contribution in [2.75, 3.05) is 5.73 Å². The fraction of sp³-hybridized carbons (Fsp3) is 0. The second kappa shape index (κ2) is 5.98. The minimum atomic E-state index is -0.314. The predicted octanol–water partition coefficient (Wildman–Crippen LogP) is 3.14. The second-order valence-corrected chi connectivity index (χ2v) is 6.29. The van der Waals surface area contributed by atoms with Gasteiger partial charge in [0, 0.05) is 10.6 Å². The van der Waals surface area contributed by atoms with E-state index in [0.29, 0.717) is 19.3 Å². The van der Waals surface area contributed by atoms with Gasteiger partial charge in [-0.05, 0) is 69.0 Å². The first-order valence-electron chi connectivity index (χ1n) is 5.91. The summed E-state index contributed by atoms with van der Waals surface area (Å²) in [7, 11) is 0. The van der Waals surface area contributed by atoms with Crippen LogP contribution < -0.4 is 5.73 Å². The van der Waals surface area contributed by atoms with Crippen molar-refractivity contribution in [1.29, 1.82) is 0 Å². The molecule has 1 aromatic heterocycles. The van der Waals surface area contributed by atoms with Crippen molar-refractivity contribution < 1.29 is 4.39 Å². The van der Waals surface area contributed by atoms with Gasteiger partial charge in [0.1, 0.15) is 5.82 Å². The quantitative estimate of drug-likeness (QED) is 0.528. The van der Waals surface area contributed by atoms with Crippen molar-refractivity contribution >= 4 is 40.0 Å². The minimum absolute atomic E-state index is 0.314. The van der Waals surface area contributed by atoms with Crippen LogP contribution in [0.25, 0.3) is 5.69 Å². The van der Waals surface area contributed by atoms with Gasteiger partial charge in [-0.15, -0.1) is 5.10 Å². The number of benzene rings is 2. The lowest BCUT2D eigenvalue weighted by Crippen LogP contribution is -1.99. The lowest BCUT2D eigenvalue weighted by atomic mass is 10.3. The summed E-state index contributed by atoms with van der Waals surface area (Å²) < 4.78 is 15.7. The van der Waals surface area contributed by atoms with Crippen LogP contribution in [-0.4, -0.2) is 20.2 Å². The first-order chi connectivity index (χ1) is 10.1. The minimum Gasteiger partial charge on any atom is -0.398 e. The Morgan fingerprint density at radius 1 is 1.19 bits per heavy atom. The van der Waals surface area contributed by atoms with Gasteiger partial charge in [-0.1, -0.05) is 18.2 Å². The predicted molar refractivity (Wildman–Crippen MR) is 86.8 cm³/mol. The van der Waals surface area contributed by atoms with Gasteiger partial charge < -0.3 is 5.73 Å². The van der Waals surface area contributed by atoms with E-state index in [0.717, 1.165) is 5.69 Å². The topological polar surface area (TPSA) is 69.6 Å². The third kappa shape index (κ3) is 3.00. The molecule has 0 amide bonds. The van der Waals surface area contributed by atoms with E-state index in [2.05, 4.69) is 15.5 Å². The van der Waals surface area contributed by atoms with E-state index >= 15 is 0 Å². The Morgan fingerprint density at radius 3 is 2.71 bits per heavy atom. The molecule has 3 aromatic rings. The molecule has 0 fully saturated rings. The highest BCUT2D eigenvalue weighted by molar-refractivity contribution is 14.1. The molecule has 2 N–H and O–H groups in total. The van der Waals surface area contributed by atoms with Crippen LogP contribution in [0.2, 0.25) is 0 Å². The van der Waals surface area contributed by atoms with Gasteiger partial charge in [-0.2, -0.15) is 4.68 Å². The summed E-state index contributed by atoms with van der Waals surface area (Å²) in [5.74, 6) is -0.314. The number of halogens is 2. The summed E-state index contributed by atoms with van der Waals surface area (Å²) in [6, 6.07) is 12.5. The molecule has 106 valence electrons. The van der Waals surface area contributed by atoms with Crippen LogP contribution in [0.15, 0.2) is 52.5 Å². The van der Waals surface area contributed by atoms with Gasteiger partial charge in [0.05, 0.1) is 9.26 Å². The SMILES string of the molecule is Nc1cc(I)c(F)cc1Sc1nnnn1-c1ccccc1. The molecule has 0 aliphatic heterocycles. The van der Waals surface area contributed by atoms with Gasteiger partial charge in [-0.3, -0.25) is 0 Å². The first kappa shape index (κ1) is 14.3. The van der Waals surface area contributed by atoms with Crippen LogP contribution in [0.1, 0.15) is 0 Å². The molecule has 0 aliphatic rings. The highest BCUT2D eigenvalue weighted by atomic mass is 127. The monoisotopic (exact) mass is 413 g/mol. The standard InChI is InChI=1S/C13H9FIN5S/c14-9-6-12(11(16)7-10(9)15)21-13-17-18-19-20(13)8-4-2-1-3-5-8/h1-7H,16H2. The van der Waals surface area contributed by atoms with E-state index in [4.69, 9.17) is 5.73 Å². The van der Waals surface area contributed by atoms with Crippen molar-refractivity contribution in [1.82, 2.24) is 20.2 Å². The highest BCUT2D eigenvalue weighted by Gasteiger charge is 2.13. The summed E-state index contributed by atoms with van der Waals surface area (Å²) in [6.07, 6.45) is 0. The van der Waals surface area contributed by atoms with Crippen LogP contribution >= 0.6 is 34.4 Å². The van der Waals surface area contributed by atoms with Gasteiger partial charge in [-0.25, -0.2) is 4.39 Å². The second-order valence-electron chi connectivity index (χ2n) is 4.12. The summed E-state index contributed by atoms with van der Waals surface area (Å²) in [5, 5.41) is 12.1.